The number of hydrogen-bond donors (Lipinski definition) is 1. The van der Waals surface area contributed by atoms with Gasteiger partial charge < -0.3 is 15.4 Å². The van der Waals surface area contributed by atoms with E-state index >= 15 is 0 Å². The van der Waals surface area contributed by atoms with Gasteiger partial charge in [0.2, 0.25) is 5.91 Å². The summed E-state index contributed by atoms with van der Waals surface area (Å²) in [6.45, 7) is 5.96. The standard InChI is InChI=1S/C12H24N2O2/c1-2-16-9-3-4-12(15)14-8-6-11(10-14)5-7-13/h11H,2-10,13H2,1H3. The van der Waals surface area contributed by atoms with E-state index in [2.05, 4.69) is 0 Å². The molecule has 2 N–H and O–H groups in total. The molecule has 94 valence electrons. The minimum atomic E-state index is 0.277. The van der Waals surface area contributed by atoms with E-state index in [-0.39, 0.29) is 5.91 Å². The van der Waals surface area contributed by atoms with Crippen LogP contribution in [0.25, 0.3) is 0 Å². The maximum atomic E-state index is 11.8. The van der Waals surface area contributed by atoms with Crippen LogP contribution in [-0.4, -0.2) is 43.7 Å². The number of nitrogens with two attached hydrogens (primary N) is 1. The highest BCUT2D eigenvalue weighted by Crippen LogP contribution is 2.19. The number of carbonyl (C=O) groups excluding carboxylic acids is 1. The van der Waals surface area contributed by atoms with Gasteiger partial charge in [-0.05, 0) is 38.6 Å². The minimum Gasteiger partial charge on any atom is -0.382 e. The lowest BCUT2D eigenvalue weighted by atomic mass is 10.1. The van der Waals surface area contributed by atoms with Crippen LogP contribution in [0.15, 0.2) is 0 Å². The maximum Gasteiger partial charge on any atom is 0.222 e. The van der Waals surface area contributed by atoms with Crippen LogP contribution < -0.4 is 5.73 Å². The van der Waals surface area contributed by atoms with Gasteiger partial charge in [-0.15, -0.1) is 0 Å². The van der Waals surface area contributed by atoms with Crippen molar-refractivity contribution in [3.05, 3.63) is 0 Å². The van der Waals surface area contributed by atoms with Crippen LogP contribution in [0, 0.1) is 5.92 Å². The third-order valence-corrected chi connectivity index (χ3v) is 3.10. The van der Waals surface area contributed by atoms with Gasteiger partial charge in [0.15, 0.2) is 0 Å². The predicted molar refractivity (Wildman–Crippen MR) is 64.1 cm³/mol. The monoisotopic (exact) mass is 228 g/mol. The zero-order valence-corrected chi connectivity index (χ0v) is 10.3. The Balaban J connectivity index is 2.13. The summed E-state index contributed by atoms with van der Waals surface area (Å²) in [5.74, 6) is 0.903. The smallest absolute Gasteiger partial charge is 0.222 e. The molecule has 1 amide bonds. The molecule has 16 heavy (non-hydrogen) atoms. The highest BCUT2D eigenvalue weighted by molar-refractivity contribution is 5.76. The minimum absolute atomic E-state index is 0.277. The van der Waals surface area contributed by atoms with E-state index in [1.807, 2.05) is 11.8 Å². The van der Waals surface area contributed by atoms with Crippen LogP contribution >= 0.6 is 0 Å². The molecule has 4 heteroatoms. The number of carbonyl (C=O) groups is 1. The Kier molecular flexibility index (Phi) is 6.42. The zero-order chi connectivity index (χ0) is 11.8. The fraction of sp³-hybridized carbons (Fsp3) is 0.917. The van der Waals surface area contributed by atoms with Crippen LogP contribution in [-0.2, 0) is 9.53 Å². The molecule has 0 radical (unpaired) electrons. The van der Waals surface area contributed by atoms with Crippen molar-refractivity contribution in [3.63, 3.8) is 0 Å². The third kappa shape index (κ3) is 4.49. The van der Waals surface area contributed by atoms with Gasteiger partial charge in [0, 0.05) is 32.7 Å². The van der Waals surface area contributed by atoms with Crippen molar-refractivity contribution in [1.82, 2.24) is 4.90 Å². The van der Waals surface area contributed by atoms with E-state index in [9.17, 15) is 4.79 Å². The Hall–Kier alpha value is -0.610. The number of nitrogens with zero attached hydrogens (tertiary/aromatic N) is 1. The first-order valence-corrected chi connectivity index (χ1v) is 6.33. The van der Waals surface area contributed by atoms with Gasteiger partial charge in [0.1, 0.15) is 0 Å². The average molecular weight is 228 g/mol. The summed E-state index contributed by atoms with van der Waals surface area (Å²) in [7, 11) is 0. The summed E-state index contributed by atoms with van der Waals surface area (Å²) < 4.78 is 5.22. The first-order valence-electron chi connectivity index (χ1n) is 6.33. The highest BCUT2D eigenvalue weighted by Gasteiger charge is 2.24. The van der Waals surface area contributed by atoms with Crippen molar-refractivity contribution in [2.75, 3.05) is 32.8 Å². The number of amides is 1. The van der Waals surface area contributed by atoms with Crippen LogP contribution in [0.1, 0.15) is 32.6 Å². The van der Waals surface area contributed by atoms with Gasteiger partial charge in [-0.1, -0.05) is 0 Å². The first-order chi connectivity index (χ1) is 7.77. The molecule has 1 aliphatic heterocycles. The third-order valence-electron chi connectivity index (χ3n) is 3.10. The molecule has 1 heterocycles. The Labute approximate surface area is 98.1 Å². The van der Waals surface area contributed by atoms with Gasteiger partial charge in [-0.25, -0.2) is 0 Å². The number of rotatable bonds is 7. The summed E-state index contributed by atoms with van der Waals surface area (Å²) in [6.07, 6.45) is 3.62. The van der Waals surface area contributed by atoms with E-state index in [0.717, 1.165) is 45.5 Å². The van der Waals surface area contributed by atoms with Gasteiger partial charge in [0.05, 0.1) is 0 Å². The fourth-order valence-electron chi connectivity index (χ4n) is 2.16. The molecule has 4 nitrogen and oxygen atoms in total. The summed E-state index contributed by atoms with van der Waals surface area (Å²) in [6, 6.07) is 0. The number of hydrogen-bond acceptors (Lipinski definition) is 3. The van der Waals surface area contributed by atoms with Crippen LogP contribution in [0.2, 0.25) is 0 Å². The largest absolute Gasteiger partial charge is 0.382 e. The highest BCUT2D eigenvalue weighted by atomic mass is 16.5. The second kappa shape index (κ2) is 7.63. The molecule has 0 saturated carbocycles. The summed E-state index contributed by atoms with van der Waals surface area (Å²) in [5, 5.41) is 0. The fourth-order valence-corrected chi connectivity index (χ4v) is 2.16. The molecule has 1 atom stereocenters. The molecule has 1 saturated heterocycles. The molecule has 0 bridgehead atoms. The maximum absolute atomic E-state index is 11.8. The number of ether oxygens (including phenoxy) is 1. The van der Waals surface area contributed by atoms with E-state index < -0.39 is 0 Å². The molecule has 0 spiro atoms. The second-order valence-corrected chi connectivity index (χ2v) is 4.37. The van der Waals surface area contributed by atoms with E-state index in [0.29, 0.717) is 18.9 Å². The van der Waals surface area contributed by atoms with E-state index in [1.54, 1.807) is 0 Å². The van der Waals surface area contributed by atoms with Crippen molar-refractivity contribution < 1.29 is 9.53 Å². The Morgan fingerprint density at radius 1 is 1.56 bits per heavy atom. The quantitative estimate of drug-likeness (QED) is 0.661. The van der Waals surface area contributed by atoms with E-state index in [4.69, 9.17) is 10.5 Å². The molecular weight excluding hydrogens is 204 g/mol. The van der Waals surface area contributed by atoms with E-state index in [1.165, 1.54) is 0 Å². The van der Waals surface area contributed by atoms with Gasteiger partial charge in [-0.2, -0.15) is 0 Å². The van der Waals surface area contributed by atoms with Crippen LogP contribution in [0.4, 0.5) is 0 Å². The van der Waals surface area contributed by atoms with Crippen molar-refractivity contribution in [3.8, 4) is 0 Å². The summed E-state index contributed by atoms with van der Waals surface area (Å²) >= 11 is 0. The molecule has 0 aromatic carbocycles. The zero-order valence-electron chi connectivity index (χ0n) is 10.3. The molecule has 1 rings (SSSR count). The van der Waals surface area contributed by atoms with Crippen LogP contribution in [0.3, 0.4) is 0 Å². The summed E-state index contributed by atoms with van der Waals surface area (Å²) in [4.78, 5) is 13.8. The molecule has 1 aliphatic rings. The lowest BCUT2D eigenvalue weighted by molar-refractivity contribution is -0.130. The van der Waals surface area contributed by atoms with Crippen molar-refractivity contribution >= 4 is 5.91 Å². The predicted octanol–water partition coefficient (Wildman–Crippen LogP) is 1.00. The normalized spacial score (nSPS) is 20.4. The molecule has 1 unspecified atom stereocenters. The molecular formula is C12H24N2O2. The van der Waals surface area contributed by atoms with Gasteiger partial charge in [-0.3, -0.25) is 4.79 Å². The number of likely N-dealkylation sites (tertiary alicyclic amines) is 1. The van der Waals surface area contributed by atoms with Crippen LogP contribution in [0.5, 0.6) is 0 Å². The SMILES string of the molecule is CCOCCCC(=O)N1CCC(CCN)C1. The Morgan fingerprint density at radius 2 is 2.38 bits per heavy atom. The van der Waals surface area contributed by atoms with Gasteiger partial charge in [0.25, 0.3) is 0 Å². The average Bonchev–Trinajstić information content (AvgIpc) is 2.73. The Bertz CT molecular complexity index is 209. The molecule has 0 aliphatic carbocycles. The molecule has 1 fully saturated rings. The lowest BCUT2D eigenvalue weighted by Gasteiger charge is -2.16. The second-order valence-electron chi connectivity index (χ2n) is 4.37. The summed E-state index contributed by atoms with van der Waals surface area (Å²) in [5.41, 5.74) is 5.52. The molecule has 0 aromatic heterocycles. The van der Waals surface area contributed by atoms with Crippen molar-refractivity contribution in [2.45, 2.75) is 32.6 Å². The van der Waals surface area contributed by atoms with Gasteiger partial charge >= 0.3 is 0 Å². The van der Waals surface area contributed by atoms with Crippen molar-refractivity contribution in [1.29, 1.82) is 0 Å². The Morgan fingerprint density at radius 3 is 3.06 bits per heavy atom. The molecule has 0 aromatic rings. The topological polar surface area (TPSA) is 55.6 Å². The van der Waals surface area contributed by atoms with Crippen molar-refractivity contribution in [2.24, 2.45) is 11.7 Å². The first kappa shape index (κ1) is 13.5. The lowest BCUT2D eigenvalue weighted by Crippen LogP contribution is -2.29.